The highest BCUT2D eigenvalue weighted by Crippen LogP contribution is 2.21. The number of hydrogen-bond acceptors (Lipinski definition) is 2. The van der Waals surface area contributed by atoms with E-state index >= 15 is 0 Å². The second-order valence-corrected chi connectivity index (χ2v) is 7.04. The molecule has 0 aliphatic carbocycles. The van der Waals surface area contributed by atoms with Gasteiger partial charge >= 0.3 is 0 Å². The third-order valence-corrected chi connectivity index (χ3v) is 4.51. The Hall–Kier alpha value is -1.67. The highest BCUT2D eigenvalue weighted by Gasteiger charge is 2.08. The van der Waals surface area contributed by atoms with Gasteiger partial charge in [0, 0.05) is 26.9 Å². The molecule has 0 aliphatic rings. The number of anilines is 1. The molecule has 1 aromatic heterocycles. The molecule has 3 rings (SSSR count). The Balaban J connectivity index is 1.81. The lowest BCUT2D eigenvalue weighted by atomic mass is 10.2. The number of imidazole rings is 1. The van der Waals surface area contributed by atoms with Gasteiger partial charge in [0.1, 0.15) is 0 Å². The van der Waals surface area contributed by atoms with Gasteiger partial charge < -0.3 is 10.3 Å². The number of thiocarbonyl (C=S) groups is 1. The minimum atomic E-state index is 0.423. The molecule has 0 bridgehead atoms. The molecule has 3 aromatic rings. The minimum Gasteiger partial charge on any atom is -0.335 e. The van der Waals surface area contributed by atoms with Crippen molar-refractivity contribution in [3.8, 4) is 11.3 Å². The van der Waals surface area contributed by atoms with Gasteiger partial charge in [-0.25, -0.2) is 4.68 Å². The SMILES string of the molecule is S=C(Nc1ccc(Cl)cc1)Nn1c(-c2ccc(Br)cc2)c[nH]c1=S. The van der Waals surface area contributed by atoms with Gasteiger partial charge in [0.2, 0.25) is 0 Å². The summed E-state index contributed by atoms with van der Waals surface area (Å²) in [6.45, 7) is 0. The van der Waals surface area contributed by atoms with Crippen LogP contribution in [0.2, 0.25) is 5.02 Å². The maximum Gasteiger partial charge on any atom is 0.196 e. The Morgan fingerprint density at radius 2 is 1.75 bits per heavy atom. The van der Waals surface area contributed by atoms with Crippen LogP contribution in [-0.4, -0.2) is 14.8 Å². The van der Waals surface area contributed by atoms with Crippen molar-refractivity contribution in [2.75, 3.05) is 10.7 Å². The fourth-order valence-corrected chi connectivity index (χ4v) is 2.91. The second-order valence-electron chi connectivity index (χ2n) is 4.89. The highest BCUT2D eigenvalue weighted by atomic mass is 79.9. The van der Waals surface area contributed by atoms with E-state index in [4.69, 9.17) is 36.0 Å². The summed E-state index contributed by atoms with van der Waals surface area (Å²) in [5, 5.41) is 4.19. The van der Waals surface area contributed by atoms with E-state index in [1.807, 2.05) is 42.6 Å². The largest absolute Gasteiger partial charge is 0.335 e. The maximum atomic E-state index is 5.88. The van der Waals surface area contributed by atoms with Crippen LogP contribution in [0.25, 0.3) is 11.3 Å². The molecule has 0 amide bonds. The fourth-order valence-electron chi connectivity index (χ4n) is 2.11. The van der Waals surface area contributed by atoms with Gasteiger partial charge in [0.15, 0.2) is 9.88 Å². The first-order valence-electron chi connectivity index (χ1n) is 6.93. The monoisotopic (exact) mass is 438 g/mol. The van der Waals surface area contributed by atoms with Crippen molar-refractivity contribution < 1.29 is 0 Å². The van der Waals surface area contributed by atoms with E-state index in [0.29, 0.717) is 14.9 Å². The van der Waals surface area contributed by atoms with Crippen molar-refractivity contribution in [2.24, 2.45) is 0 Å². The van der Waals surface area contributed by atoms with E-state index in [1.54, 1.807) is 16.8 Å². The van der Waals surface area contributed by atoms with Crippen LogP contribution in [0.15, 0.2) is 59.2 Å². The number of benzene rings is 2. The third kappa shape index (κ3) is 4.05. The van der Waals surface area contributed by atoms with Crippen LogP contribution in [0.4, 0.5) is 5.69 Å². The molecule has 2 aromatic carbocycles. The molecular formula is C16H12BrClN4S2. The van der Waals surface area contributed by atoms with Crippen LogP contribution in [0.1, 0.15) is 0 Å². The maximum absolute atomic E-state index is 5.88. The highest BCUT2D eigenvalue weighted by molar-refractivity contribution is 9.10. The van der Waals surface area contributed by atoms with E-state index in [9.17, 15) is 0 Å². The van der Waals surface area contributed by atoms with E-state index in [0.717, 1.165) is 21.4 Å². The first-order chi connectivity index (χ1) is 11.5. The topological polar surface area (TPSA) is 44.8 Å². The molecule has 0 saturated carbocycles. The zero-order chi connectivity index (χ0) is 17.1. The molecule has 122 valence electrons. The molecule has 1 heterocycles. The lowest BCUT2D eigenvalue weighted by Gasteiger charge is -2.14. The van der Waals surface area contributed by atoms with Crippen molar-refractivity contribution >= 4 is 62.8 Å². The van der Waals surface area contributed by atoms with Crippen LogP contribution in [-0.2, 0) is 0 Å². The standard InChI is InChI=1S/C16H12BrClN4S2/c17-11-3-1-10(2-4-11)14-9-19-16(24)22(14)21-15(23)20-13-7-5-12(18)6-8-13/h1-9H,(H,19,24)(H2,20,21,23). The lowest BCUT2D eigenvalue weighted by Crippen LogP contribution is -2.28. The molecule has 24 heavy (non-hydrogen) atoms. The van der Waals surface area contributed by atoms with Crippen molar-refractivity contribution in [1.29, 1.82) is 0 Å². The van der Waals surface area contributed by atoms with Crippen molar-refractivity contribution in [3.05, 3.63) is 69.0 Å². The number of nitrogens with zero attached hydrogens (tertiary/aromatic N) is 1. The molecule has 3 N–H and O–H groups in total. The minimum absolute atomic E-state index is 0.423. The number of aromatic nitrogens is 2. The molecule has 0 aliphatic heterocycles. The predicted octanol–water partition coefficient (Wildman–Crippen LogP) is 5.57. The first kappa shape index (κ1) is 17.2. The summed E-state index contributed by atoms with van der Waals surface area (Å²) in [6.07, 6.45) is 1.84. The van der Waals surface area contributed by atoms with Crippen LogP contribution < -0.4 is 10.7 Å². The van der Waals surface area contributed by atoms with Crippen molar-refractivity contribution in [3.63, 3.8) is 0 Å². The van der Waals surface area contributed by atoms with Gasteiger partial charge in [0.05, 0.1) is 5.69 Å². The molecule has 0 saturated heterocycles. The summed E-state index contributed by atoms with van der Waals surface area (Å²) < 4.78 is 3.26. The zero-order valence-corrected chi connectivity index (χ0v) is 16.2. The molecular weight excluding hydrogens is 428 g/mol. The number of H-pyrrole nitrogens is 1. The van der Waals surface area contributed by atoms with Gasteiger partial charge in [-0.05, 0) is 60.8 Å². The van der Waals surface area contributed by atoms with Gasteiger partial charge in [-0.15, -0.1) is 0 Å². The number of aromatic amines is 1. The van der Waals surface area contributed by atoms with E-state index in [1.165, 1.54) is 0 Å². The van der Waals surface area contributed by atoms with Crippen LogP contribution in [0.5, 0.6) is 0 Å². The second kappa shape index (κ2) is 7.48. The Labute approximate surface area is 163 Å². The Bertz CT molecular complexity index is 917. The van der Waals surface area contributed by atoms with Crippen molar-refractivity contribution in [2.45, 2.75) is 0 Å². The molecule has 0 atom stereocenters. The van der Waals surface area contributed by atoms with Gasteiger partial charge in [-0.3, -0.25) is 5.43 Å². The summed E-state index contributed by atoms with van der Waals surface area (Å²) in [7, 11) is 0. The van der Waals surface area contributed by atoms with Crippen LogP contribution >= 0.6 is 52.0 Å². The third-order valence-electron chi connectivity index (χ3n) is 3.23. The van der Waals surface area contributed by atoms with Crippen LogP contribution in [0, 0.1) is 4.77 Å². The Kier molecular flexibility index (Phi) is 5.35. The van der Waals surface area contributed by atoms with Gasteiger partial charge in [-0.2, -0.15) is 0 Å². The summed E-state index contributed by atoms with van der Waals surface area (Å²) >= 11 is 20.0. The number of halogens is 2. The first-order valence-corrected chi connectivity index (χ1v) is 8.91. The Morgan fingerprint density at radius 1 is 1.08 bits per heavy atom. The molecule has 4 nitrogen and oxygen atoms in total. The lowest BCUT2D eigenvalue weighted by molar-refractivity contribution is 0.963. The average molecular weight is 440 g/mol. The molecule has 8 heteroatoms. The molecule has 0 spiro atoms. The zero-order valence-electron chi connectivity index (χ0n) is 12.2. The molecule has 0 radical (unpaired) electrons. The number of nitrogens with one attached hydrogen (secondary N) is 3. The number of rotatable bonds is 3. The summed E-state index contributed by atoms with van der Waals surface area (Å²) in [5.74, 6) is 0. The molecule has 0 unspecified atom stereocenters. The van der Waals surface area contributed by atoms with Crippen LogP contribution in [0.3, 0.4) is 0 Å². The van der Waals surface area contributed by atoms with Crippen molar-refractivity contribution in [1.82, 2.24) is 9.66 Å². The quantitative estimate of drug-likeness (QED) is 0.467. The average Bonchev–Trinajstić information content (AvgIpc) is 2.91. The predicted molar refractivity (Wildman–Crippen MR) is 110 cm³/mol. The van der Waals surface area contributed by atoms with Gasteiger partial charge in [0.25, 0.3) is 0 Å². The number of hydrogen-bond donors (Lipinski definition) is 3. The summed E-state index contributed by atoms with van der Waals surface area (Å²) in [6, 6.07) is 15.2. The summed E-state index contributed by atoms with van der Waals surface area (Å²) in [5.41, 5.74) is 5.82. The van der Waals surface area contributed by atoms with E-state index in [2.05, 4.69) is 31.7 Å². The van der Waals surface area contributed by atoms with E-state index < -0.39 is 0 Å². The Morgan fingerprint density at radius 3 is 2.42 bits per heavy atom. The normalized spacial score (nSPS) is 10.4. The molecule has 0 fully saturated rings. The van der Waals surface area contributed by atoms with Gasteiger partial charge in [-0.1, -0.05) is 39.7 Å². The van der Waals surface area contributed by atoms with E-state index in [-0.39, 0.29) is 0 Å². The summed E-state index contributed by atoms with van der Waals surface area (Å²) in [4.78, 5) is 3.03. The fraction of sp³-hybridized carbons (Fsp3) is 0. The smallest absolute Gasteiger partial charge is 0.196 e.